The van der Waals surface area contributed by atoms with Crippen molar-refractivity contribution < 1.29 is 69.2 Å². The van der Waals surface area contributed by atoms with Gasteiger partial charge in [0.15, 0.2) is 11.2 Å². The topological polar surface area (TPSA) is 253 Å². The Balaban J connectivity index is 0. The van der Waals surface area contributed by atoms with Crippen LogP contribution in [0.2, 0.25) is 0 Å². The van der Waals surface area contributed by atoms with Crippen LogP contribution in [0.25, 0.3) is 0 Å². The minimum absolute atomic E-state index is 0.145. The van der Waals surface area contributed by atoms with Crippen molar-refractivity contribution in [3.05, 3.63) is 0 Å². The van der Waals surface area contributed by atoms with E-state index in [0.29, 0.717) is 31.1 Å². The van der Waals surface area contributed by atoms with Gasteiger partial charge < -0.3 is 40.5 Å². The third-order valence-electron chi connectivity index (χ3n) is 7.98. The van der Waals surface area contributed by atoms with Crippen molar-refractivity contribution in [2.24, 2.45) is 23.2 Å². The summed E-state index contributed by atoms with van der Waals surface area (Å²) in [5, 5.41) is 65.0. The first-order valence-electron chi connectivity index (χ1n) is 15.8. The van der Waals surface area contributed by atoms with E-state index in [-0.39, 0.29) is 6.61 Å². The normalized spacial score (nSPS) is 15.3. The van der Waals surface area contributed by atoms with Gasteiger partial charge in [-0.15, -0.1) is 0 Å². The Morgan fingerprint density at radius 2 is 1.20 bits per heavy atom. The van der Waals surface area contributed by atoms with Crippen molar-refractivity contribution >= 4 is 35.8 Å². The molecule has 46 heavy (non-hydrogen) atoms. The summed E-state index contributed by atoms with van der Waals surface area (Å²) in [6.07, 6.45) is 5.94. The molecule has 0 aromatic carbocycles. The van der Waals surface area contributed by atoms with Crippen LogP contribution in [0, 0.1) is 23.2 Å². The summed E-state index contributed by atoms with van der Waals surface area (Å²) in [4.78, 5) is 66.9. The molecule has 7 N–H and O–H groups in total. The highest BCUT2D eigenvalue weighted by atomic mass is 16.5. The Hall–Kier alpha value is -3.26. The average molecular weight is 665 g/mol. The number of aliphatic hydroxyl groups is 2. The number of esters is 1. The molecule has 0 fully saturated rings. The molecule has 0 aromatic heterocycles. The molecule has 0 rings (SSSR count). The van der Waals surface area contributed by atoms with Crippen molar-refractivity contribution in [3.8, 4) is 0 Å². The summed E-state index contributed by atoms with van der Waals surface area (Å²) < 4.78 is 4.86. The summed E-state index contributed by atoms with van der Waals surface area (Å²) in [5.74, 6) is -9.60. The van der Waals surface area contributed by atoms with Gasteiger partial charge in [0.1, 0.15) is 5.92 Å². The second-order valence-electron chi connectivity index (χ2n) is 13.2. The first-order chi connectivity index (χ1) is 21.0. The van der Waals surface area contributed by atoms with Gasteiger partial charge in [0.2, 0.25) is 0 Å². The molecule has 0 heterocycles. The maximum absolute atomic E-state index is 11.6. The molecule has 0 amide bonds. The van der Waals surface area contributed by atoms with Crippen molar-refractivity contribution in [3.63, 3.8) is 0 Å². The molecule has 14 heteroatoms. The lowest BCUT2D eigenvalue weighted by molar-refractivity contribution is -0.187. The number of carboxylic acid groups (broad SMARTS) is 5. The number of unbranched alkanes of at least 4 members (excludes halogenated alkanes) is 4. The zero-order valence-electron chi connectivity index (χ0n) is 28.1. The van der Waals surface area contributed by atoms with Crippen molar-refractivity contribution in [2.45, 2.75) is 136 Å². The second kappa shape index (κ2) is 21.5. The summed E-state index contributed by atoms with van der Waals surface area (Å²) in [6.45, 7) is 11.7. The molecule has 0 radical (unpaired) electrons. The van der Waals surface area contributed by atoms with Crippen LogP contribution in [0.15, 0.2) is 0 Å². The van der Waals surface area contributed by atoms with E-state index < -0.39 is 77.6 Å². The van der Waals surface area contributed by atoms with Gasteiger partial charge in [-0.1, -0.05) is 92.9 Å². The van der Waals surface area contributed by atoms with Crippen molar-refractivity contribution in [2.75, 3.05) is 6.61 Å². The number of hydrogen-bond donors (Lipinski definition) is 7. The Labute approximate surface area is 271 Å². The van der Waals surface area contributed by atoms with E-state index in [1.54, 1.807) is 13.8 Å². The quantitative estimate of drug-likeness (QED) is 0.0557. The molecule has 0 aliphatic rings. The molecule has 0 saturated heterocycles. The zero-order chi connectivity index (χ0) is 36.3. The van der Waals surface area contributed by atoms with E-state index >= 15 is 0 Å². The monoisotopic (exact) mass is 664 g/mol. The maximum Gasteiger partial charge on any atom is 0.337 e. The summed E-state index contributed by atoms with van der Waals surface area (Å²) in [6, 6.07) is 0. The van der Waals surface area contributed by atoms with E-state index in [0.717, 1.165) is 32.1 Å². The van der Waals surface area contributed by atoms with E-state index in [9.17, 15) is 49.2 Å². The zero-order valence-corrected chi connectivity index (χ0v) is 28.1. The Bertz CT molecular complexity index is 991. The smallest absolute Gasteiger partial charge is 0.337 e. The van der Waals surface area contributed by atoms with Crippen LogP contribution in [0.4, 0.5) is 0 Å². The van der Waals surface area contributed by atoms with Crippen molar-refractivity contribution in [1.29, 1.82) is 0 Å². The third kappa shape index (κ3) is 18.0. The predicted octanol–water partition coefficient (Wildman–Crippen LogP) is 4.43. The third-order valence-corrected chi connectivity index (χ3v) is 7.98. The fourth-order valence-corrected chi connectivity index (χ4v) is 5.10. The number of aliphatic carboxylic acids is 5. The molecular formula is C32H56O14. The SMILES string of the molecule is CC(C)CCCCCCCOC(=O)CC(O)(CC(=O)O)C(=O)O.CCC(C)CCCC(C)(C)C(C(=O)O)C(O)(CC(=O)O)C(=O)O. The molecule has 14 nitrogen and oxygen atoms in total. The Kier molecular flexibility index (Phi) is 21.0. The minimum Gasteiger partial charge on any atom is -0.481 e. The molecule has 4 unspecified atom stereocenters. The standard InChI is InChI=1S/2C16H28O7/c1-5-10(2)7-6-8-15(3,4)12(13(19)20)16(23,14(21)22)9-11(17)18;1-12(2)8-6-4-3-5-7-9-23-14(19)11-16(22,15(20)21)10-13(17)18/h10,12,23H,5-9H2,1-4H3,(H,17,18)(H,19,20)(H,21,22);12,22H,3-11H2,1-2H3,(H,17,18)(H,20,21). The number of carboxylic acids is 5. The fourth-order valence-electron chi connectivity index (χ4n) is 5.10. The highest BCUT2D eigenvalue weighted by Gasteiger charge is 2.56. The van der Waals surface area contributed by atoms with Crippen LogP contribution < -0.4 is 0 Å². The number of carbonyl (C=O) groups is 6. The highest BCUT2D eigenvalue weighted by molar-refractivity contribution is 5.90. The molecule has 0 saturated carbocycles. The number of rotatable bonds is 24. The summed E-state index contributed by atoms with van der Waals surface area (Å²) >= 11 is 0. The predicted molar refractivity (Wildman–Crippen MR) is 166 cm³/mol. The Morgan fingerprint density at radius 3 is 1.63 bits per heavy atom. The first kappa shape index (κ1) is 44.9. The van der Waals surface area contributed by atoms with Gasteiger partial charge >= 0.3 is 35.8 Å². The lowest BCUT2D eigenvalue weighted by Crippen LogP contribution is -2.56. The summed E-state index contributed by atoms with van der Waals surface area (Å²) in [7, 11) is 0. The van der Waals surface area contributed by atoms with Crippen LogP contribution in [-0.2, 0) is 33.5 Å². The summed E-state index contributed by atoms with van der Waals surface area (Å²) in [5.41, 5.74) is -6.54. The number of hydrogen-bond acceptors (Lipinski definition) is 9. The van der Waals surface area contributed by atoms with Gasteiger partial charge in [-0.25, -0.2) is 9.59 Å². The molecule has 0 aliphatic heterocycles. The molecule has 0 bridgehead atoms. The molecule has 0 spiro atoms. The van der Waals surface area contributed by atoms with Crippen LogP contribution in [-0.4, -0.2) is 89.4 Å². The maximum atomic E-state index is 11.6. The highest BCUT2D eigenvalue weighted by Crippen LogP contribution is 2.42. The van der Waals surface area contributed by atoms with E-state index in [1.165, 1.54) is 12.8 Å². The van der Waals surface area contributed by atoms with Gasteiger partial charge in [-0.3, -0.25) is 19.2 Å². The largest absolute Gasteiger partial charge is 0.481 e. The van der Waals surface area contributed by atoms with Crippen LogP contribution in [0.3, 0.4) is 0 Å². The lowest BCUT2D eigenvalue weighted by Gasteiger charge is -2.39. The first-order valence-corrected chi connectivity index (χ1v) is 15.8. The molecule has 268 valence electrons. The fraction of sp³-hybridized carbons (Fsp3) is 0.812. The molecule has 0 aromatic rings. The van der Waals surface area contributed by atoms with Crippen LogP contribution in [0.1, 0.15) is 125 Å². The van der Waals surface area contributed by atoms with Gasteiger partial charge in [0, 0.05) is 0 Å². The minimum atomic E-state index is -2.85. The van der Waals surface area contributed by atoms with E-state index in [1.807, 2.05) is 6.92 Å². The van der Waals surface area contributed by atoms with E-state index in [2.05, 4.69) is 20.8 Å². The average Bonchev–Trinajstić information content (AvgIpc) is 2.88. The van der Waals surface area contributed by atoms with Crippen LogP contribution >= 0.6 is 0 Å². The van der Waals surface area contributed by atoms with Gasteiger partial charge in [-0.2, -0.15) is 0 Å². The second-order valence-corrected chi connectivity index (χ2v) is 13.2. The van der Waals surface area contributed by atoms with Gasteiger partial charge in [0.05, 0.1) is 25.9 Å². The lowest BCUT2D eigenvalue weighted by atomic mass is 9.65. The Morgan fingerprint density at radius 1 is 0.674 bits per heavy atom. The molecule has 0 aliphatic carbocycles. The number of ether oxygens (including phenoxy) is 1. The van der Waals surface area contributed by atoms with Crippen molar-refractivity contribution in [1.82, 2.24) is 0 Å². The van der Waals surface area contributed by atoms with E-state index in [4.69, 9.17) is 20.1 Å². The van der Waals surface area contributed by atoms with Crippen LogP contribution in [0.5, 0.6) is 0 Å². The molecular weight excluding hydrogens is 608 g/mol. The van der Waals surface area contributed by atoms with Gasteiger partial charge in [0.25, 0.3) is 0 Å². The van der Waals surface area contributed by atoms with Gasteiger partial charge in [-0.05, 0) is 30.1 Å². The number of carbonyl (C=O) groups excluding carboxylic acids is 1. The molecule has 4 atom stereocenters.